The number of carboxylic acids is 1. The predicted molar refractivity (Wildman–Crippen MR) is 67.3 cm³/mol. The van der Waals surface area contributed by atoms with Gasteiger partial charge in [0.2, 0.25) is 5.91 Å². The van der Waals surface area contributed by atoms with Crippen LogP contribution in [0.25, 0.3) is 0 Å². The number of hydrogen-bond donors (Lipinski definition) is 1. The summed E-state index contributed by atoms with van der Waals surface area (Å²) in [5.41, 5.74) is 0. The summed E-state index contributed by atoms with van der Waals surface area (Å²) in [5, 5.41) is 9.09. The number of carboxylic acid groups (broad SMARTS) is 1. The maximum atomic E-state index is 12.2. The first-order valence-corrected chi connectivity index (χ1v) is 6.93. The second-order valence-electron chi connectivity index (χ2n) is 5.26. The molecule has 0 spiro atoms. The lowest BCUT2D eigenvalue weighted by atomic mass is 10.2. The first-order valence-electron chi connectivity index (χ1n) is 6.93. The Kier molecular flexibility index (Phi) is 4.58. The lowest BCUT2D eigenvalue weighted by Crippen LogP contribution is -2.44. The molecular weight excluding hydrogens is 232 g/mol. The van der Waals surface area contributed by atoms with Crippen LogP contribution in [0.3, 0.4) is 0 Å². The summed E-state index contributed by atoms with van der Waals surface area (Å²) < 4.78 is 0. The second kappa shape index (κ2) is 6.18. The molecule has 0 aromatic carbocycles. The average molecular weight is 254 g/mol. The van der Waals surface area contributed by atoms with Gasteiger partial charge in [-0.25, -0.2) is 0 Å². The highest BCUT2D eigenvalue weighted by molar-refractivity contribution is 5.80. The first kappa shape index (κ1) is 13.3. The Morgan fingerprint density at radius 3 is 2.28 bits per heavy atom. The van der Waals surface area contributed by atoms with Gasteiger partial charge in [0.25, 0.3) is 0 Å². The van der Waals surface area contributed by atoms with Gasteiger partial charge in [0.1, 0.15) is 6.04 Å². The van der Waals surface area contributed by atoms with E-state index < -0.39 is 12.0 Å². The number of rotatable bonds is 3. The predicted octanol–water partition coefficient (Wildman–Crippen LogP) is 0.938. The zero-order valence-corrected chi connectivity index (χ0v) is 10.8. The van der Waals surface area contributed by atoms with Crippen LogP contribution in [0.2, 0.25) is 0 Å². The number of carbonyl (C=O) groups excluding carboxylic acids is 1. The average Bonchev–Trinajstić information content (AvgIpc) is 2.63. The summed E-state index contributed by atoms with van der Waals surface area (Å²) in [4.78, 5) is 26.9. The summed E-state index contributed by atoms with van der Waals surface area (Å²) in [5.74, 6) is -0.693. The minimum Gasteiger partial charge on any atom is -0.480 e. The molecule has 2 rings (SSSR count). The Morgan fingerprint density at radius 1 is 1.00 bits per heavy atom. The van der Waals surface area contributed by atoms with E-state index in [1.165, 1.54) is 12.8 Å². The second-order valence-corrected chi connectivity index (χ2v) is 5.26. The smallest absolute Gasteiger partial charge is 0.320 e. The molecule has 2 saturated heterocycles. The van der Waals surface area contributed by atoms with E-state index in [1.807, 2.05) is 9.80 Å². The topological polar surface area (TPSA) is 60.9 Å². The standard InChI is InChI=1S/C13H22N2O3/c16-12(14-7-3-1-2-4-8-14)10-15-9-5-6-11(15)13(17)18/h11H,1-10H2,(H,17,18)/t11-/m0/s1. The van der Waals surface area contributed by atoms with E-state index in [0.717, 1.165) is 38.9 Å². The fourth-order valence-corrected chi connectivity index (χ4v) is 2.89. The molecule has 2 heterocycles. The number of likely N-dealkylation sites (tertiary alicyclic amines) is 2. The summed E-state index contributed by atoms with van der Waals surface area (Å²) >= 11 is 0. The number of hydrogen-bond acceptors (Lipinski definition) is 3. The third-order valence-corrected chi connectivity index (χ3v) is 3.95. The molecule has 1 N–H and O–H groups in total. The highest BCUT2D eigenvalue weighted by Gasteiger charge is 2.32. The Morgan fingerprint density at radius 2 is 1.67 bits per heavy atom. The maximum Gasteiger partial charge on any atom is 0.320 e. The maximum absolute atomic E-state index is 12.2. The zero-order valence-electron chi connectivity index (χ0n) is 10.8. The van der Waals surface area contributed by atoms with Crippen molar-refractivity contribution in [3.05, 3.63) is 0 Å². The first-order chi connectivity index (χ1) is 8.68. The van der Waals surface area contributed by atoms with Crippen LogP contribution in [0.5, 0.6) is 0 Å². The van der Waals surface area contributed by atoms with Gasteiger partial charge < -0.3 is 10.0 Å². The Hall–Kier alpha value is -1.10. The minimum absolute atomic E-state index is 0.102. The fraction of sp³-hybridized carbons (Fsp3) is 0.846. The Labute approximate surface area is 108 Å². The van der Waals surface area contributed by atoms with Crippen molar-refractivity contribution in [1.29, 1.82) is 0 Å². The summed E-state index contributed by atoms with van der Waals surface area (Å²) in [7, 11) is 0. The molecule has 2 aliphatic rings. The number of carbonyl (C=O) groups is 2. The Bertz CT molecular complexity index is 311. The summed E-state index contributed by atoms with van der Waals surface area (Å²) in [6.07, 6.45) is 6.10. The number of amides is 1. The zero-order chi connectivity index (χ0) is 13.0. The molecule has 0 bridgehead atoms. The Balaban J connectivity index is 1.87. The third kappa shape index (κ3) is 3.22. The highest BCUT2D eigenvalue weighted by atomic mass is 16.4. The van der Waals surface area contributed by atoms with Crippen molar-refractivity contribution in [3.63, 3.8) is 0 Å². The van der Waals surface area contributed by atoms with Crippen molar-refractivity contribution in [1.82, 2.24) is 9.80 Å². The fourth-order valence-electron chi connectivity index (χ4n) is 2.89. The van der Waals surface area contributed by atoms with E-state index in [0.29, 0.717) is 6.42 Å². The van der Waals surface area contributed by atoms with Crippen LogP contribution in [0.4, 0.5) is 0 Å². The molecule has 2 fully saturated rings. The van der Waals surface area contributed by atoms with Crippen LogP contribution < -0.4 is 0 Å². The largest absolute Gasteiger partial charge is 0.480 e. The van der Waals surface area contributed by atoms with Crippen molar-refractivity contribution in [3.8, 4) is 0 Å². The summed E-state index contributed by atoms with van der Waals surface area (Å²) in [6.45, 7) is 2.68. The normalized spacial score (nSPS) is 26.0. The van der Waals surface area contributed by atoms with Crippen LogP contribution in [0.1, 0.15) is 38.5 Å². The van der Waals surface area contributed by atoms with Crippen molar-refractivity contribution in [2.45, 2.75) is 44.6 Å². The van der Waals surface area contributed by atoms with E-state index in [4.69, 9.17) is 5.11 Å². The van der Waals surface area contributed by atoms with Gasteiger partial charge in [-0.3, -0.25) is 14.5 Å². The van der Waals surface area contributed by atoms with Crippen LogP contribution in [0.15, 0.2) is 0 Å². The van der Waals surface area contributed by atoms with Crippen LogP contribution >= 0.6 is 0 Å². The van der Waals surface area contributed by atoms with Crippen molar-refractivity contribution >= 4 is 11.9 Å². The van der Waals surface area contributed by atoms with E-state index in [1.54, 1.807) is 0 Å². The number of nitrogens with zero attached hydrogens (tertiary/aromatic N) is 2. The van der Waals surface area contributed by atoms with Gasteiger partial charge >= 0.3 is 5.97 Å². The van der Waals surface area contributed by atoms with Crippen LogP contribution in [-0.2, 0) is 9.59 Å². The van der Waals surface area contributed by atoms with E-state index in [-0.39, 0.29) is 12.5 Å². The lowest BCUT2D eigenvalue weighted by Gasteiger charge is -2.26. The molecule has 0 radical (unpaired) electrons. The van der Waals surface area contributed by atoms with Crippen molar-refractivity contribution in [2.24, 2.45) is 0 Å². The van der Waals surface area contributed by atoms with Crippen molar-refractivity contribution in [2.75, 3.05) is 26.2 Å². The molecule has 5 heteroatoms. The van der Waals surface area contributed by atoms with Gasteiger partial charge in [0.15, 0.2) is 0 Å². The van der Waals surface area contributed by atoms with E-state index in [2.05, 4.69) is 0 Å². The van der Waals surface area contributed by atoms with E-state index >= 15 is 0 Å². The molecular formula is C13H22N2O3. The molecule has 102 valence electrons. The monoisotopic (exact) mass is 254 g/mol. The SMILES string of the molecule is O=C(O)[C@@H]1CCCN1CC(=O)N1CCCCCC1. The van der Waals surface area contributed by atoms with Crippen molar-refractivity contribution < 1.29 is 14.7 Å². The van der Waals surface area contributed by atoms with Gasteiger partial charge in [-0.15, -0.1) is 0 Å². The molecule has 0 aromatic rings. The van der Waals surface area contributed by atoms with Gasteiger partial charge in [-0.1, -0.05) is 12.8 Å². The molecule has 1 amide bonds. The molecule has 0 aliphatic carbocycles. The molecule has 5 nitrogen and oxygen atoms in total. The lowest BCUT2D eigenvalue weighted by molar-refractivity contribution is -0.143. The van der Waals surface area contributed by atoms with Gasteiger partial charge in [0.05, 0.1) is 6.54 Å². The molecule has 0 aromatic heterocycles. The molecule has 1 atom stereocenters. The highest BCUT2D eigenvalue weighted by Crippen LogP contribution is 2.18. The van der Waals surface area contributed by atoms with Gasteiger partial charge in [-0.2, -0.15) is 0 Å². The van der Waals surface area contributed by atoms with E-state index in [9.17, 15) is 9.59 Å². The van der Waals surface area contributed by atoms with Gasteiger partial charge in [0, 0.05) is 13.1 Å². The van der Waals surface area contributed by atoms with Crippen LogP contribution in [0, 0.1) is 0 Å². The summed E-state index contributed by atoms with van der Waals surface area (Å²) in [6, 6.07) is -0.457. The molecule has 0 saturated carbocycles. The molecule has 0 unspecified atom stereocenters. The third-order valence-electron chi connectivity index (χ3n) is 3.95. The number of aliphatic carboxylic acids is 1. The quantitative estimate of drug-likeness (QED) is 0.814. The molecule has 18 heavy (non-hydrogen) atoms. The molecule has 2 aliphatic heterocycles. The van der Waals surface area contributed by atoms with Gasteiger partial charge in [-0.05, 0) is 32.2 Å². The minimum atomic E-state index is -0.795. The van der Waals surface area contributed by atoms with Crippen LogP contribution in [-0.4, -0.2) is 59.0 Å².